The molecule has 0 unspecified atom stereocenters. The van der Waals surface area contributed by atoms with Crippen LogP contribution in [0.4, 0.5) is 0 Å². The Bertz CT molecular complexity index is 282. The first kappa shape index (κ1) is 6.54. The minimum absolute atomic E-state index is 0.138. The molecule has 2 heterocycles. The van der Waals surface area contributed by atoms with Gasteiger partial charge in [0, 0.05) is 25.2 Å². The summed E-state index contributed by atoms with van der Waals surface area (Å²) >= 11 is 0. The van der Waals surface area contributed by atoms with Crippen LogP contribution in [0, 0.1) is 0 Å². The summed E-state index contributed by atoms with van der Waals surface area (Å²) in [6, 6.07) is 0. The number of aromatic amines is 1. The molecule has 0 saturated carbocycles. The van der Waals surface area contributed by atoms with Crippen LogP contribution in [0.5, 0.6) is 0 Å². The lowest BCUT2D eigenvalue weighted by Crippen LogP contribution is -2.40. The Labute approximate surface area is 63.7 Å². The third kappa shape index (κ3) is 1.17. The van der Waals surface area contributed by atoms with Gasteiger partial charge in [0.15, 0.2) is 0 Å². The Kier molecular flexibility index (Phi) is 1.47. The second-order valence-corrected chi connectivity index (χ2v) is 2.69. The number of aromatic nitrogens is 2. The van der Waals surface area contributed by atoms with Gasteiger partial charge < -0.3 is 10.3 Å². The average Bonchev–Trinajstić information content (AvgIpc) is 1.90. The number of nitrogens with zero attached hydrogens (tertiary/aromatic N) is 1. The number of rotatable bonds is 1. The molecule has 1 saturated heterocycles. The number of H-pyrrole nitrogens is 1. The molecule has 1 aromatic rings. The highest BCUT2D eigenvalue weighted by atomic mass is 16.1. The molecule has 1 aromatic heterocycles. The van der Waals surface area contributed by atoms with Crippen molar-refractivity contribution in [3.63, 3.8) is 0 Å². The van der Waals surface area contributed by atoms with E-state index < -0.39 is 0 Å². The molecule has 11 heavy (non-hydrogen) atoms. The van der Waals surface area contributed by atoms with Gasteiger partial charge in [-0.25, -0.2) is 0 Å². The van der Waals surface area contributed by atoms with E-state index in [2.05, 4.69) is 15.3 Å². The van der Waals surface area contributed by atoms with Gasteiger partial charge in [0.05, 0.1) is 11.9 Å². The zero-order chi connectivity index (χ0) is 7.68. The Morgan fingerprint density at radius 3 is 2.82 bits per heavy atom. The standard InChI is InChI=1S/C7H9N3O/c11-7-4-9-6(3-10-7)5-1-8-2-5/h3-5,8H,1-2H2,(H,10,11). The third-order valence-corrected chi connectivity index (χ3v) is 1.89. The van der Waals surface area contributed by atoms with E-state index in [1.54, 1.807) is 6.20 Å². The number of nitrogens with one attached hydrogen (secondary N) is 2. The molecule has 0 spiro atoms. The van der Waals surface area contributed by atoms with E-state index in [0.717, 1.165) is 18.8 Å². The van der Waals surface area contributed by atoms with Gasteiger partial charge in [0.2, 0.25) is 0 Å². The van der Waals surface area contributed by atoms with Crippen LogP contribution in [-0.4, -0.2) is 23.1 Å². The first-order valence-electron chi connectivity index (χ1n) is 3.61. The Morgan fingerprint density at radius 1 is 1.55 bits per heavy atom. The smallest absolute Gasteiger partial charge is 0.266 e. The van der Waals surface area contributed by atoms with Crippen molar-refractivity contribution in [2.45, 2.75) is 5.92 Å². The first-order valence-corrected chi connectivity index (χ1v) is 3.61. The van der Waals surface area contributed by atoms with Crippen LogP contribution in [0.1, 0.15) is 11.6 Å². The Morgan fingerprint density at radius 2 is 2.36 bits per heavy atom. The summed E-state index contributed by atoms with van der Waals surface area (Å²) in [6.07, 6.45) is 3.02. The van der Waals surface area contributed by atoms with Gasteiger partial charge in [-0.2, -0.15) is 0 Å². The van der Waals surface area contributed by atoms with Gasteiger partial charge in [-0.3, -0.25) is 9.78 Å². The van der Waals surface area contributed by atoms with E-state index in [4.69, 9.17) is 0 Å². The van der Waals surface area contributed by atoms with Crippen LogP contribution in [0.25, 0.3) is 0 Å². The zero-order valence-corrected chi connectivity index (χ0v) is 6.00. The van der Waals surface area contributed by atoms with Crippen molar-refractivity contribution in [1.82, 2.24) is 15.3 Å². The molecule has 0 atom stereocenters. The van der Waals surface area contributed by atoms with Crippen LogP contribution in [-0.2, 0) is 0 Å². The predicted octanol–water partition coefficient (Wildman–Crippen LogP) is -0.543. The van der Waals surface area contributed by atoms with E-state index in [-0.39, 0.29) is 5.56 Å². The van der Waals surface area contributed by atoms with Gasteiger partial charge in [0.1, 0.15) is 0 Å². The van der Waals surface area contributed by atoms with Crippen LogP contribution in [0.15, 0.2) is 17.2 Å². The van der Waals surface area contributed by atoms with E-state index in [1.165, 1.54) is 6.20 Å². The third-order valence-electron chi connectivity index (χ3n) is 1.89. The maximum atomic E-state index is 10.6. The topological polar surface area (TPSA) is 57.8 Å². The van der Waals surface area contributed by atoms with Gasteiger partial charge in [-0.05, 0) is 0 Å². The van der Waals surface area contributed by atoms with Crippen LogP contribution >= 0.6 is 0 Å². The van der Waals surface area contributed by atoms with Crippen LogP contribution in [0.2, 0.25) is 0 Å². The number of hydrogen-bond donors (Lipinski definition) is 2. The molecule has 0 aromatic carbocycles. The molecule has 0 aliphatic carbocycles. The highest BCUT2D eigenvalue weighted by Crippen LogP contribution is 2.14. The van der Waals surface area contributed by atoms with E-state index >= 15 is 0 Å². The quantitative estimate of drug-likeness (QED) is 0.566. The van der Waals surface area contributed by atoms with Crippen LogP contribution < -0.4 is 10.9 Å². The molecule has 1 aliphatic rings. The maximum absolute atomic E-state index is 10.6. The molecule has 0 radical (unpaired) electrons. The fraction of sp³-hybridized carbons (Fsp3) is 0.429. The predicted molar refractivity (Wildman–Crippen MR) is 40.5 cm³/mol. The molecule has 4 nitrogen and oxygen atoms in total. The summed E-state index contributed by atoms with van der Waals surface area (Å²) < 4.78 is 0. The van der Waals surface area contributed by atoms with Gasteiger partial charge in [-0.15, -0.1) is 0 Å². The monoisotopic (exact) mass is 151 g/mol. The summed E-state index contributed by atoms with van der Waals surface area (Å²) in [5.74, 6) is 0.492. The van der Waals surface area contributed by atoms with Crippen molar-refractivity contribution in [3.05, 3.63) is 28.4 Å². The fourth-order valence-electron chi connectivity index (χ4n) is 1.07. The van der Waals surface area contributed by atoms with Crippen molar-refractivity contribution in [2.75, 3.05) is 13.1 Å². The number of hydrogen-bond acceptors (Lipinski definition) is 3. The van der Waals surface area contributed by atoms with Gasteiger partial charge in [0.25, 0.3) is 5.56 Å². The average molecular weight is 151 g/mol. The first-order chi connectivity index (χ1) is 5.36. The lowest BCUT2D eigenvalue weighted by atomic mass is 10.0. The summed E-state index contributed by atoms with van der Waals surface area (Å²) in [4.78, 5) is 17.2. The minimum Gasteiger partial charge on any atom is -0.326 e. The van der Waals surface area contributed by atoms with Crippen molar-refractivity contribution < 1.29 is 0 Å². The normalized spacial score (nSPS) is 17.8. The molecule has 0 amide bonds. The highest BCUT2D eigenvalue weighted by Gasteiger charge is 2.19. The molecule has 4 heteroatoms. The maximum Gasteiger partial charge on any atom is 0.266 e. The van der Waals surface area contributed by atoms with Crippen molar-refractivity contribution >= 4 is 0 Å². The Balaban J connectivity index is 2.25. The second-order valence-electron chi connectivity index (χ2n) is 2.69. The van der Waals surface area contributed by atoms with E-state index in [0.29, 0.717) is 5.92 Å². The van der Waals surface area contributed by atoms with Crippen molar-refractivity contribution in [1.29, 1.82) is 0 Å². The Hall–Kier alpha value is -1.16. The summed E-state index contributed by atoms with van der Waals surface area (Å²) in [5, 5.41) is 3.14. The lowest BCUT2D eigenvalue weighted by molar-refractivity contribution is 0.438. The molecular weight excluding hydrogens is 142 g/mol. The SMILES string of the molecule is O=c1cnc(C2CNC2)c[nH]1. The van der Waals surface area contributed by atoms with E-state index in [1.807, 2.05) is 0 Å². The molecule has 1 fully saturated rings. The highest BCUT2D eigenvalue weighted by molar-refractivity contribution is 5.08. The van der Waals surface area contributed by atoms with Crippen molar-refractivity contribution in [2.24, 2.45) is 0 Å². The van der Waals surface area contributed by atoms with E-state index in [9.17, 15) is 4.79 Å². The molecule has 2 N–H and O–H groups in total. The lowest BCUT2D eigenvalue weighted by Gasteiger charge is -2.25. The summed E-state index contributed by atoms with van der Waals surface area (Å²) in [7, 11) is 0. The minimum atomic E-state index is -0.138. The zero-order valence-electron chi connectivity index (χ0n) is 6.00. The summed E-state index contributed by atoms with van der Waals surface area (Å²) in [5.41, 5.74) is 0.837. The fourth-order valence-corrected chi connectivity index (χ4v) is 1.07. The van der Waals surface area contributed by atoms with Gasteiger partial charge in [-0.1, -0.05) is 0 Å². The molecule has 58 valence electrons. The molecule has 2 rings (SSSR count). The molecular formula is C7H9N3O. The second kappa shape index (κ2) is 2.47. The molecule has 0 bridgehead atoms. The van der Waals surface area contributed by atoms with Crippen molar-refractivity contribution in [3.8, 4) is 0 Å². The van der Waals surface area contributed by atoms with Crippen LogP contribution in [0.3, 0.4) is 0 Å². The summed E-state index contributed by atoms with van der Waals surface area (Å²) in [6.45, 7) is 1.94. The van der Waals surface area contributed by atoms with Gasteiger partial charge >= 0.3 is 0 Å². The molecule has 1 aliphatic heterocycles. The largest absolute Gasteiger partial charge is 0.326 e.